The Morgan fingerprint density at radius 1 is 1.53 bits per heavy atom. The largest absolute Gasteiger partial charge is 0.374 e. The SMILES string of the molecule is CC(C)CNC1CCOC2(CCSC2)C1. The summed E-state index contributed by atoms with van der Waals surface area (Å²) in [6, 6.07) is 0.694. The first-order valence-electron chi connectivity index (χ1n) is 6.15. The molecule has 0 aliphatic carbocycles. The summed E-state index contributed by atoms with van der Waals surface area (Å²) in [7, 11) is 0. The first kappa shape index (κ1) is 11.7. The van der Waals surface area contributed by atoms with E-state index in [-0.39, 0.29) is 5.60 Å². The Bertz CT molecular complexity index is 202. The van der Waals surface area contributed by atoms with Crippen molar-refractivity contribution in [3.63, 3.8) is 0 Å². The second kappa shape index (κ2) is 5.07. The predicted octanol–water partition coefficient (Wildman–Crippen LogP) is 2.29. The van der Waals surface area contributed by atoms with E-state index in [1.807, 2.05) is 0 Å². The maximum absolute atomic E-state index is 6.00. The maximum atomic E-state index is 6.00. The van der Waals surface area contributed by atoms with Gasteiger partial charge in [0, 0.05) is 18.4 Å². The molecule has 0 radical (unpaired) electrons. The smallest absolute Gasteiger partial charge is 0.0795 e. The highest BCUT2D eigenvalue weighted by Gasteiger charge is 2.40. The quantitative estimate of drug-likeness (QED) is 0.802. The molecule has 2 heterocycles. The van der Waals surface area contributed by atoms with Crippen LogP contribution in [0.25, 0.3) is 0 Å². The lowest BCUT2D eigenvalue weighted by atomic mass is 9.89. The number of rotatable bonds is 3. The molecule has 3 heteroatoms. The highest BCUT2D eigenvalue weighted by Crippen LogP contribution is 2.38. The van der Waals surface area contributed by atoms with Gasteiger partial charge in [0.25, 0.3) is 0 Å². The van der Waals surface area contributed by atoms with Crippen LogP contribution in [0.4, 0.5) is 0 Å². The summed E-state index contributed by atoms with van der Waals surface area (Å²) in [6.07, 6.45) is 3.68. The minimum Gasteiger partial charge on any atom is -0.374 e. The van der Waals surface area contributed by atoms with Crippen LogP contribution in [0.1, 0.15) is 33.1 Å². The van der Waals surface area contributed by atoms with Gasteiger partial charge < -0.3 is 10.1 Å². The molecule has 0 saturated carbocycles. The normalized spacial score (nSPS) is 36.6. The third-order valence-electron chi connectivity index (χ3n) is 3.37. The summed E-state index contributed by atoms with van der Waals surface area (Å²) in [6.45, 7) is 6.64. The second-order valence-corrected chi connectivity index (χ2v) is 6.43. The van der Waals surface area contributed by atoms with E-state index >= 15 is 0 Å². The van der Waals surface area contributed by atoms with Crippen molar-refractivity contribution in [1.82, 2.24) is 5.32 Å². The average molecular weight is 229 g/mol. The fourth-order valence-electron chi connectivity index (χ4n) is 2.47. The van der Waals surface area contributed by atoms with E-state index in [2.05, 4.69) is 30.9 Å². The second-order valence-electron chi connectivity index (χ2n) is 5.33. The Labute approximate surface area is 97.5 Å². The van der Waals surface area contributed by atoms with E-state index < -0.39 is 0 Å². The van der Waals surface area contributed by atoms with Crippen LogP contribution in [0.3, 0.4) is 0 Å². The Hall–Kier alpha value is 0.270. The molecule has 2 nitrogen and oxygen atoms in total. The zero-order valence-corrected chi connectivity index (χ0v) is 10.7. The lowest BCUT2D eigenvalue weighted by Crippen LogP contribution is -2.47. The molecule has 0 amide bonds. The predicted molar refractivity (Wildman–Crippen MR) is 66.5 cm³/mol. The summed E-state index contributed by atoms with van der Waals surface area (Å²) >= 11 is 2.05. The molecule has 2 fully saturated rings. The number of hydrogen-bond acceptors (Lipinski definition) is 3. The van der Waals surface area contributed by atoms with Gasteiger partial charge in [0.05, 0.1) is 5.60 Å². The number of thioether (sulfide) groups is 1. The van der Waals surface area contributed by atoms with Gasteiger partial charge in [-0.3, -0.25) is 0 Å². The molecule has 1 spiro atoms. The Kier molecular flexibility index (Phi) is 3.97. The maximum Gasteiger partial charge on any atom is 0.0795 e. The van der Waals surface area contributed by atoms with Crippen LogP contribution in [0.2, 0.25) is 0 Å². The molecule has 88 valence electrons. The summed E-state index contributed by atoms with van der Waals surface area (Å²) in [5.74, 6) is 3.26. The highest BCUT2D eigenvalue weighted by atomic mass is 32.2. The van der Waals surface area contributed by atoms with Gasteiger partial charge in [-0.05, 0) is 37.5 Å². The minimum atomic E-state index is 0.234. The van der Waals surface area contributed by atoms with E-state index in [1.165, 1.54) is 30.8 Å². The molecule has 15 heavy (non-hydrogen) atoms. The molecular formula is C12H23NOS. The van der Waals surface area contributed by atoms with Crippen molar-refractivity contribution in [2.45, 2.75) is 44.8 Å². The van der Waals surface area contributed by atoms with Gasteiger partial charge in [-0.1, -0.05) is 13.8 Å². The highest BCUT2D eigenvalue weighted by molar-refractivity contribution is 7.99. The zero-order chi connectivity index (χ0) is 10.7. The van der Waals surface area contributed by atoms with Gasteiger partial charge in [0.1, 0.15) is 0 Å². The van der Waals surface area contributed by atoms with Crippen molar-refractivity contribution in [2.24, 2.45) is 5.92 Å². The number of nitrogens with one attached hydrogen (secondary N) is 1. The van der Waals surface area contributed by atoms with Gasteiger partial charge in [-0.15, -0.1) is 0 Å². The molecule has 2 aliphatic heterocycles. The summed E-state index contributed by atoms with van der Waals surface area (Å²) < 4.78 is 6.00. The molecular weight excluding hydrogens is 206 g/mol. The molecule has 2 atom stereocenters. The molecule has 0 aromatic heterocycles. The van der Waals surface area contributed by atoms with E-state index in [1.54, 1.807) is 0 Å². The standard InChI is InChI=1S/C12H23NOS/c1-10(2)8-13-11-3-5-14-12(7-11)4-6-15-9-12/h10-11,13H,3-9H2,1-2H3. The van der Waals surface area contributed by atoms with Crippen LogP contribution in [-0.2, 0) is 4.74 Å². The molecule has 2 unspecified atom stereocenters. The first-order valence-corrected chi connectivity index (χ1v) is 7.31. The van der Waals surface area contributed by atoms with Crippen molar-refractivity contribution in [1.29, 1.82) is 0 Å². The average Bonchev–Trinajstić information content (AvgIpc) is 2.63. The Morgan fingerprint density at radius 2 is 2.40 bits per heavy atom. The molecule has 0 aromatic carbocycles. The lowest BCUT2D eigenvalue weighted by Gasteiger charge is -2.38. The van der Waals surface area contributed by atoms with Gasteiger partial charge in [0.2, 0.25) is 0 Å². The van der Waals surface area contributed by atoms with Crippen molar-refractivity contribution in [3.8, 4) is 0 Å². The van der Waals surface area contributed by atoms with E-state index in [4.69, 9.17) is 4.74 Å². The molecule has 1 N–H and O–H groups in total. The molecule has 2 aliphatic rings. The molecule has 2 saturated heterocycles. The van der Waals surface area contributed by atoms with Crippen molar-refractivity contribution in [3.05, 3.63) is 0 Å². The third-order valence-corrected chi connectivity index (χ3v) is 4.60. The number of ether oxygens (including phenoxy) is 1. The zero-order valence-electron chi connectivity index (χ0n) is 9.92. The topological polar surface area (TPSA) is 21.3 Å². The molecule has 0 aromatic rings. The first-order chi connectivity index (χ1) is 7.20. The fraction of sp³-hybridized carbons (Fsp3) is 1.00. The van der Waals surface area contributed by atoms with Crippen LogP contribution >= 0.6 is 11.8 Å². The van der Waals surface area contributed by atoms with Crippen LogP contribution in [0.15, 0.2) is 0 Å². The monoisotopic (exact) mass is 229 g/mol. The summed E-state index contributed by atoms with van der Waals surface area (Å²) in [5.41, 5.74) is 0.234. The van der Waals surface area contributed by atoms with Crippen LogP contribution < -0.4 is 5.32 Å². The summed E-state index contributed by atoms with van der Waals surface area (Å²) in [5, 5.41) is 3.68. The van der Waals surface area contributed by atoms with E-state index in [0.717, 1.165) is 19.1 Å². The van der Waals surface area contributed by atoms with Crippen molar-refractivity contribution < 1.29 is 4.74 Å². The van der Waals surface area contributed by atoms with Gasteiger partial charge in [-0.2, -0.15) is 11.8 Å². The third kappa shape index (κ3) is 3.11. The lowest BCUT2D eigenvalue weighted by molar-refractivity contribution is -0.0703. The Morgan fingerprint density at radius 3 is 3.07 bits per heavy atom. The van der Waals surface area contributed by atoms with Gasteiger partial charge in [0.15, 0.2) is 0 Å². The molecule has 2 rings (SSSR count). The van der Waals surface area contributed by atoms with Crippen LogP contribution in [0.5, 0.6) is 0 Å². The molecule has 0 bridgehead atoms. The van der Waals surface area contributed by atoms with Crippen molar-refractivity contribution in [2.75, 3.05) is 24.7 Å². The van der Waals surface area contributed by atoms with Crippen LogP contribution in [0, 0.1) is 5.92 Å². The van der Waals surface area contributed by atoms with E-state index in [9.17, 15) is 0 Å². The summed E-state index contributed by atoms with van der Waals surface area (Å²) in [4.78, 5) is 0. The minimum absolute atomic E-state index is 0.234. The van der Waals surface area contributed by atoms with Crippen LogP contribution in [-0.4, -0.2) is 36.3 Å². The van der Waals surface area contributed by atoms with Crippen molar-refractivity contribution >= 4 is 11.8 Å². The van der Waals surface area contributed by atoms with Gasteiger partial charge in [-0.25, -0.2) is 0 Å². The van der Waals surface area contributed by atoms with Gasteiger partial charge >= 0.3 is 0 Å². The van der Waals surface area contributed by atoms with E-state index in [0.29, 0.717) is 6.04 Å². The fourth-order valence-corrected chi connectivity index (χ4v) is 3.85. The number of hydrogen-bond donors (Lipinski definition) is 1. The Balaban J connectivity index is 1.81.